The smallest absolute Gasteiger partial charge is 0.475 e. The Morgan fingerprint density at radius 2 is 1.37 bits per heavy atom. The van der Waals surface area contributed by atoms with E-state index in [-0.39, 0.29) is 0 Å². The van der Waals surface area contributed by atoms with Crippen LogP contribution in [0.3, 0.4) is 0 Å². The molecule has 1 aromatic heterocycles. The van der Waals surface area contributed by atoms with E-state index in [1.807, 2.05) is 12.4 Å². The molecular formula is C20H35F3N2O2. The van der Waals surface area contributed by atoms with Crippen LogP contribution >= 0.6 is 0 Å². The zero-order valence-electron chi connectivity index (χ0n) is 16.7. The highest BCUT2D eigenvalue weighted by molar-refractivity contribution is 5.73. The van der Waals surface area contributed by atoms with Gasteiger partial charge in [-0.05, 0) is 6.42 Å². The van der Waals surface area contributed by atoms with Crippen molar-refractivity contribution >= 4 is 5.97 Å². The highest BCUT2D eigenvalue weighted by Gasteiger charge is 2.38. The van der Waals surface area contributed by atoms with Crippen LogP contribution in [0.15, 0.2) is 12.4 Å². The average Bonchev–Trinajstić information content (AvgIpc) is 3.00. The monoisotopic (exact) mass is 392 g/mol. The lowest BCUT2D eigenvalue weighted by Gasteiger charge is -2.03. The van der Waals surface area contributed by atoms with E-state index in [2.05, 4.69) is 23.5 Å². The highest BCUT2D eigenvalue weighted by atomic mass is 19.4. The van der Waals surface area contributed by atoms with Gasteiger partial charge < -0.3 is 9.67 Å². The van der Waals surface area contributed by atoms with Gasteiger partial charge in [-0.15, -0.1) is 0 Å². The normalized spacial score (nSPS) is 11.1. The summed E-state index contributed by atoms with van der Waals surface area (Å²) in [6, 6.07) is 0. The number of carbonyl (C=O) groups is 1. The van der Waals surface area contributed by atoms with E-state index in [1.54, 1.807) is 0 Å². The van der Waals surface area contributed by atoms with E-state index in [0.717, 1.165) is 6.42 Å². The molecule has 1 N–H and O–H groups in total. The summed E-state index contributed by atoms with van der Waals surface area (Å²) in [5.41, 5.74) is 0. The number of imidazole rings is 1. The number of unbranched alkanes of at least 4 members (excludes halogenated alkanes) is 11. The lowest BCUT2D eigenvalue weighted by molar-refractivity contribution is -0.192. The number of aliphatic carboxylic acids is 1. The van der Waals surface area contributed by atoms with Gasteiger partial charge in [0.15, 0.2) is 0 Å². The van der Waals surface area contributed by atoms with Gasteiger partial charge in [-0.2, -0.15) is 13.2 Å². The number of alkyl halides is 3. The minimum absolute atomic E-state index is 1.14. The summed E-state index contributed by atoms with van der Waals surface area (Å²) in [5.74, 6) is -1.52. The Kier molecular flexibility index (Phi) is 14.6. The van der Waals surface area contributed by atoms with Gasteiger partial charge in [-0.1, -0.05) is 77.6 Å². The summed E-state index contributed by atoms with van der Waals surface area (Å²) in [6.45, 7) is 2.29. The van der Waals surface area contributed by atoms with Gasteiger partial charge in [0.1, 0.15) is 5.82 Å². The minimum Gasteiger partial charge on any atom is -0.475 e. The maximum atomic E-state index is 10.6. The molecule has 0 unspecified atom stereocenters. The van der Waals surface area contributed by atoms with Gasteiger partial charge >= 0.3 is 12.1 Å². The summed E-state index contributed by atoms with van der Waals surface area (Å²) < 4.78 is 33.9. The molecule has 1 heterocycles. The number of aromatic nitrogens is 2. The predicted molar refractivity (Wildman–Crippen MR) is 102 cm³/mol. The van der Waals surface area contributed by atoms with Crippen LogP contribution in [0.4, 0.5) is 13.2 Å². The molecule has 0 aliphatic carbocycles. The topological polar surface area (TPSA) is 55.1 Å². The number of aryl methyl sites for hydroxylation is 2. The lowest BCUT2D eigenvalue weighted by Crippen LogP contribution is -2.21. The van der Waals surface area contributed by atoms with Gasteiger partial charge in [0.25, 0.3) is 0 Å². The van der Waals surface area contributed by atoms with Crippen molar-refractivity contribution in [3.63, 3.8) is 0 Å². The van der Waals surface area contributed by atoms with Crippen molar-refractivity contribution < 1.29 is 23.1 Å². The van der Waals surface area contributed by atoms with Crippen molar-refractivity contribution in [3.8, 4) is 0 Å². The first-order valence-electron chi connectivity index (χ1n) is 10.0. The quantitative estimate of drug-likeness (QED) is 0.401. The van der Waals surface area contributed by atoms with Crippen molar-refractivity contribution in [1.29, 1.82) is 0 Å². The van der Waals surface area contributed by atoms with E-state index in [0.29, 0.717) is 0 Å². The second-order valence-electron chi connectivity index (χ2n) is 6.90. The molecule has 0 aromatic carbocycles. The fourth-order valence-electron chi connectivity index (χ4n) is 2.76. The van der Waals surface area contributed by atoms with Gasteiger partial charge in [-0.25, -0.2) is 9.78 Å². The van der Waals surface area contributed by atoms with Crippen molar-refractivity contribution in [2.24, 2.45) is 7.05 Å². The van der Waals surface area contributed by atoms with Crippen molar-refractivity contribution in [2.45, 2.75) is 96.6 Å². The first-order chi connectivity index (χ1) is 12.8. The van der Waals surface area contributed by atoms with Crippen LogP contribution in [0.5, 0.6) is 0 Å². The fourth-order valence-corrected chi connectivity index (χ4v) is 2.76. The van der Waals surface area contributed by atoms with Crippen LogP contribution < -0.4 is 0 Å². The summed E-state index contributed by atoms with van der Waals surface area (Å²) in [5, 5.41) is 7.12. The molecule has 0 saturated heterocycles. The number of carboxylic acids is 1. The number of rotatable bonds is 13. The molecule has 0 aliphatic heterocycles. The average molecular weight is 393 g/mol. The summed E-state index contributed by atoms with van der Waals surface area (Å²) in [4.78, 5) is 13.3. The van der Waals surface area contributed by atoms with E-state index in [1.165, 1.54) is 82.9 Å². The van der Waals surface area contributed by atoms with Gasteiger partial charge in [-0.3, -0.25) is 0 Å². The molecule has 1 rings (SSSR count). The first kappa shape index (κ1) is 25.5. The van der Waals surface area contributed by atoms with Gasteiger partial charge in [0, 0.05) is 25.9 Å². The van der Waals surface area contributed by atoms with Gasteiger partial charge in [0.2, 0.25) is 0 Å². The highest BCUT2D eigenvalue weighted by Crippen LogP contribution is 2.13. The molecule has 0 bridgehead atoms. The third-order valence-electron chi connectivity index (χ3n) is 4.42. The number of hydrogen-bond acceptors (Lipinski definition) is 2. The van der Waals surface area contributed by atoms with Crippen molar-refractivity contribution in [3.05, 3.63) is 18.2 Å². The Morgan fingerprint density at radius 3 is 1.70 bits per heavy atom. The van der Waals surface area contributed by atoms with E-state index in [9.17, 15) is 13.2 Å². The Hall–Kier alpha value is -1.53. The van der Waals surface area contributed by atoms with E-state index < -0.39 is 12.1 Å². The molecule has 4 nitrogen and oxygen atoms in total. The third kappa shape index (κ3) is 15.2. The maximum absolute atomic E-state index is 10.6. The van der Waals surface area contributed by atoms with Crippen LogP contribution in [0.25, 0.3) is 0 Å². The maximum Gasteiger partial charge on any atom is 0.490 e. The molecule has 0 amide bonds. The molecule has 0 atom stereocenters. The summed E-state index contributed by atoms with van der Waals surface area (Å²) in [6.07, 6.45) is 17.0. The molecule has 27 heavy (non-hydrogen) atoms. The van der Waals surface area contributed by atoms with Gasteiger partial charge in [0.05, 0.1) is 0 Å². The summed E-state index contributed by atoms with van der Waals surface area (Å²) >= 11 is 0. The molecule has 0 fully saturated rings. The molecule has 0 aliphatic rings. The standard InChI is InChI=1S/C18H34N2.C2HF3O2/c1-3-4-5-6-7-8-9-10-11-12-13-14-15-18-19-16-17-20(18)2;3-2(4,5)1(6)7/h16-17H,3-15H2,1-2H3;(H,6,7). The zero-order chi connectivity index (χ0) is 20.5. The number of carboxylic acid groups (broad SMARTS) is 1. The number of hydrogen-bond donors (Lipinski definition) is 1. The summed E-state index contributed by atoms with van der Waals surface area (Å²) in [7, 11) is 2.09. The van der Waals surface area contributed by atoms with E-state index in [4.69, 9.17) is 9.90 Å². The Morgan fingerprint density at radius 1 is 0.963 bits per heavy atom. The Balaban J connectivity index is 0.000000821. The van der Waals surface area contributed by atoms with Crippen LogP contribution in [0, 0.1) is 0 Å². The predicted octanol–water partition coefficient (Wildman–Crippen LogP) is 6.30. The largest absolute Gasteiger partial charge is 0.490 e. The third-order valence-corrected chi connectivity index (χ3v) is 4.42. The zero-order valence-corrected chi connectivity index (χ0v) is 16.7. The molecule has 0 saturated carbocycles. The molecular weight excluding hydrogens is 357 g/mol. The molecule has 7 heteroatoms. The Bertz CT molecular complexity index is 488. The molecule has 0 spiro atoms. The second kappa shape index (κ2) is 15.5. The molecule has 1 aromatic rings. The SMILES string of the molecule is CCCCCCCCCCCCCCc1nccn1C.O=C(O)C(F)(F)F. The fraction of sp³-hybridized carbons (Fsp3) is 0.800. The van der Waals surface area contributed by atoms with Crippen molar-refractivity contribution in [2.75, 3.05) is 0 Å². The number of nitrogens with zero attached hydrogens (tertiary/aromatic N) is 2. The van der Waals surface area contributed by atoms with E-state index >= 15 is 0 Å². The first-order valence-corrected chi connectivity index (χ1v) is 10.0. The lowest BCUT2D eigenvalue weighted by atomic mass is 10.0. The van der Waals surface area contributed by atoms with Crippen LogP contribution in [-0.2, 0) is 18.3 Å². The van der Waals surface area contributed by atoms with Crippen molar-refractivity contribution in [1.82, 2.24) is 9.55 Å². The van der Waals surface area contributed by atoms with Crippen LogP contribution in [0.2, 0.25) is 0 Å². The Labute approximate surface area is 161 Å². The molecule has 158 valence electrons. The molecule has 0 radical (unpaired) electrons. The number of halogens is 3. The second-order valence-corrected chi connectivity index (χ2v) is 6.90. The van der Waals surface area contributed by atoms with Crippen LogP contribution in [0.1, 0.15) is 89.8 Å². The van der Waals surface area contributed by atoms with Crippen LogP contribution in [-0.4, -0.2) is 26.8 Å². The minimum atomic E-state index is -5.08.